The van der Waals surface area contributed by atoms with Crippen molar-refractivity contribution in [3.63, 3.8) is 0 Å². The summed E-state index contributed by atoms with van der Waals surface area (Å²) in [6.45, 7) is 7.74. The van der Waals surface area contributed by atoms with Gasteiger partial charge in [-0.2, -0.15) is 0 Å². The van der Waals surface area contributed by atoms with Gasteiger partial charge in [0.15, 0.2) is 0 Å². The smallest absolute Gasteiger partial charge is 0.265 e. The molecule has 0 radical (unpaired) electrons. The molecule has 0 aliphatic carbocycles. The summed E-state index contributed by atoms with van der Waals surface area (Å²) < 4.78 is 0. The largest absolute Gasteiger partial charge is 0.394 e. The molecule has 1 amide bonds. The van der Waals surface area contributed by atoms with Crippen LogP contribution in [0.2, 0.25) is 0 Å². The number of thiazole rings is 1. The minimum atomic E-state index is -0.210. The van der Waals surface area contributed by atoms with Gasteiger partial charge in [0.05, 0.1) is 18.3 Å². The highest BCUT2D eigenvalue weighted by Crippen LogP contribution is 2.31. The number of likely N-dealkylation sites (N-methyl/N-ethyl adjacent to an activating group) is 1. The summed E-state index contributed by atoms with van der Waals surface area (Å²) >= 11 is 1.41. The Kier molecular flexibility index (Phi) is 4.98. The number of carbonyl (C=O) groups excluding carboxylic acids is 1. The first-order valence-electron chi connectivity index (χ1n) is 7.28. The van der Waals surface area contributed by atoms with Crippen LogP contribution in [0.1, 0.15) is 33.4 Å². The fourth-order valence-corrected chi connectivity index (χ4v) is 3.39. The standard InChI is InChI=1S/C17H22N2O2S/c1-10-6-7-14(11(2)8-10)16-18-13(4)15(22-16)17(21)19(5)12(3)9-20/h6-8,12,20H,9H2,1-5H3. The van der Waals surface area contributed by atoms with Crippen LogP contribution in [0.3, 0.4) is 0 Å². The second kappa shape index (κ2) is 6.58. The third-order valence-corrected chi connectivity index (χ3v) is 5.03. The first-order valence-corrected chi connectivity index (χ1v) is 8.09. The number of benzene rings is 1. The zero-order valence-corrected chi connectivity index (χ0v) is 14.5. The van der Waals surface area contributed by atoms with Crippen molar-refractivity contribution in [3.05, 3.63) is 39.9 Å². The molecule has 2 aromatic rings. The summed E-state index contributed by atoms with van der Waals surface area (Å²) in [5, 5.41) is 10.1. The van der Waals surface area contributed by atoms with Crippen LogP contribution < -0.4 is 0 Å². The van der Waals surface area contributed by atoms with Crippen molar-refractivity contribution in [1.29, 1.82) is 0 Å². The van der Waals surface area contributed by atoms with Gasteiger partial charge in [0.1, 0.15) is 9.88 Å². The molecule has 1 aromatic heterocycles. The number of carbonyl (C=O) groups is 1. The van der Waals surface area contributed by atoms with Crippen LogP contribution >= 0.6 is 11.3 Å². The lowest BCUT2D eigenvalue weighted by Crippen LogP contribution is -2.37. The van der Waals surface area contributed by atoms with Crippen molar-refractivity contribution in [2.24, 2.45) is 0 Å². The van der Waals surface area contributed by atoms with E-state index in [1.807, 2.05) is 13.8 Å². The molecule has 0 saturated carbocycles. The highest BCUT2D eigenvalue weighted by molar-refractivity contribution is 7.17. The zero-order chi connectivity index (χ0) is 16.4. The number of aromatic nitrogens is 1. The van der Waals surface area contributed by atoms with E-state index in [2.05, 4.69) is 37.0 Å². The Morgan fingerprint density at radius 2 is 2.05 bits per heavy atom. The maximum atomic E-state index is 12.5. The van der Waals surface area contributed by atoms with E-state index in [0.29, 0.717) is 4.88 Å². The minimum Gasteiger partial charge on any atom is -0.394 e. The highest BCUT2D eigenvalue weighted by Gasteiger charge is 2.22. The summed E-state index contributed by atoms with van der Waals surface area (Å²) in [7, 11) is 1.71. The lowest BCUT2D eigenvalue weighted by atomic mass is 10.1. The van der Waals surface area contributed by atoms with Gasteiger partial charge in [0, 0.05) is 12.6 Å². The van der Waals surface area contributed by atoms with E-state index >= 15 is 0 Å². The Hall–Kier alpha value is -1.72. The van der Waals surface area contributed by atoms with Gasteiger partial charge in [-0.05, 0) is 33.3 Å². The van der Waals surface area contributed by atoms with Crippen LogP contribution in [0.25, 0.3) is 10.6 Å². The van der Waals surface area contributed by atoms with E-state index in [1.165, 1.54) is 16.9 Å². The molecule has 0 fully saturated rings. The second-order valence-electron chi connectivity index (χ2n) is 5.70. The second-order valence-corrected chi connectivity index (χ2v) is 6.70. The van der Waals surface area contributed by atoms with Crippen molar-refractivity contribution < 1.29 is 9.90 Å². The van der Waals surface area contributed by atoms with Gasteiger partial charge in [0.2, 0.25) is 0 Å². The molecule has 1 atom stereocenters. The maximum Gasteiger partial charge on any atom is 0.265 e. The fourth-order valence-electron chi connectivity index (χ4n) is 2.25. The predicted octanol–water partition coefficient (Wildman–Crippen LogP) is 3.19. The molecular weight excluding hydrogens is 296 g/mol. The SMILES string of the molecule is Cc1ccc(-c2nc(C)c(C(=O)N(C)C(C)CO)s2)c(C)c1. The number of rotatable bonds is 4. The van der Waals surface area contributed by atoms with Crippen molar-refractivity contribution in [1.82, 2.24) is 9.88 Å². The average molecular weight is 318 g/mol. The molecule has 0 bridgehead atoms. The molecule has 0 aliphatic rings. The quantitative estimate of drug-likeness (QED) is 0.942. The number of aryl methyl sites for hydroxylation is 3. The first-order chi connectivity index (χ1) is 10.3. The van der Waals surface area contributed by atoms with Crippen LogP contribution in [0.4, 0.5) is 0 Å². The predicted molar refractivity (Wildman–Crippen MR) is 90.4 cm³/mol. The maximum absolute atomic E-state index is 12.5. The van der Waals surface area contributed by atoms with Crippen LogP contribution in [-0.4, -0.2) is 40.6 Å². The average Bonchev–Trinajstić information content (AvgIpc) is 2.86. The lowest BCUT2D eigenvalue weighted by molar-refractivity contribution is 0.0686. The lowest BCUT2D eigenvalue weighted by Gasteiger charge is -2.22. The zero-order valence-electron chi connectivity index (χ0n) is 13.7. The topological polar surface area (TPSA) is 53.4 Å². The van der Waals surface area contributed by atoms with Gasteiger partial charge in [-0.1, -0.05) is 23.8 Å². The molecule has 1 heterocycles. The number of aliphatic hydroxyl groups excluding tert-OH is 1. The summed E-state index contributed by atoms with van der Waals surface area (Å²) in [6, 6.07) is 6.02. The Morgan fingerprint density at radius 3 is 2.64 bits per heavy atom. The molecule has 2 rings (SSSR count). The molecular formula is C17H22N2O2S. The van der Waals surface area contributed by atoms with Crippen molar-refractivity contribution in [2.75, 3.05) is 13.7 Å². The van der Waals surface area contributed by atoms with E-state index in [1.54, 1.807) is 11.9 Å². The van der Waals surface area contributed by atoms with Crippen molar-refractivity contribution >= 4 is 17.2 Å². The summed E-state index contributed by atoms with van der Waals surface area (Å²) in [6.07, 6.45) is 0. The van der Waals surface area contributed by atoms with E-state index in [9.17, 15) is 9.90 Å². The van der Waals surface area contributed by atoms with Gasteiger partial charge in [-0.3, -0.25) is 4.79 Å². The first kappa shape index (κ1) is 16.6. The van der Waals surface area contributed by atoms with Gasteiger partial charge in [-0.25, -0.2) is 4.98 Å². The molecule has 4 nitrogen and oxygen atoms in total. The van der Waals surface area contributed by atoms with Crippen LogP contribution in [0.15, 0.2) is 18.2 Å². The van der Waals surface area contributed by atoms with Crippen molar-refractivity contribution in [3.8, 4) is 10.6 Å². The summed E-state index contributed by atoms with van der Waals surface area (Å²) in [5.74, 6) is -0.0902. The normalized spacial score (nSPS) is 12.3. The molecule has 0 aliphatic heterocycles. The van der Waals surface area contributed by atoms with Crippen LogP contribution in [0, 0.1) is 20.8 Å². The molecule has 1 N–H and O–H groups in total. The number of aliphatic hydroxyl groups is 1. The Bertz CT molecular complexity index is 694. The Morgan fingerprint density at radius 1 is 1.36 bits per heavy atom. The minimum absolute atomic E-state index is 0.0516. The van der Waals surface area contributed by atoms with Gasteiger partial charge < -0.3 is 10.0 Å². The number of hydrogen-bond acceptors (Lipinski definition) is 4. The Labute approximate surface area is 135 Å². The van der Waals surface area contributed by atoms with Gasteiger partial charge in [0.25, 0.3) is 5.91 Å². The molecule has 0 spiro atoms. The van der Waals surface area contributed by atoms with E-state index < -0.39 is 0 Å². The molecule has 0 saturated heterocycles. The van der Waals surface area contributed by atoms with Crippen LogP contribution in [-0.2, 0) is 0 Å². The molecule has 5 heteroatoms. The van der Waals surface area contributed by atoms with Gasteiger partial charge >= 0.3 is 0 Å². The number of amides is 1. The van der Waals surface area contributed by atoms with E-state index in [4.69, 9.17) is 0 Å². The number of nitrogens with zero attached hydrogens (tertiary/aromatic N) is 2. The third-order valence-electron chi connectivity index (χ3n) is 3.85. The summed E-state index contributed by atoms with van der Waals surface area (Å²) in [5.41, 5.74) is 4.17. The molecule has 1 aromatic carbocycles. The molecule has 1 unspecified atom stereocenters. The molecule has 22 heavy (non-hydrogen) atoms. The third kappa shape index (κ3) is 3.20. The highest BCUT2D eigenvalue weighted by atomic mass is 32.1. The van der Waals surface area contributed by atoms with Gasteiger partial charge in [-0.15, -0.1) is 11.3 Å². The summed E-state index contributed by atoms with van der Waals surface area (Å²) in [4.78, 5) is 19.3. The Balaban J connectivity index is 2.38. The van der Waals surface area contributed by atoms with E-state index in [-0.39, 0.29) is 18.6 Å². The fraction of sp³-hybridized carbons (Fsp3) is 0.412. The van der Waals surface area contributed by atoms with Crippen molar-refractivity contribution in [2.45, 2.75) is 33.7 Å². The number of hydrogen-bond donors (Lipinski definition) is 1. The van der Waals surface area contributed by atoms with Crippen LogP contribution in [0.5, 0.6) is 0 Å². The molecule has 118 valence electrons. The van der Waals surface area contributed by atoms with E-state index in [0.717, 1.165) is 21.8 Å². The monoisotopic (exact) mass is 318 g/mol.